The molecule has 146 valence electrons. The summed E-state index contributed by atoms with van der Waals surface area (Å²) in [5.74, 6) is -0.303. The summed E-state index contributed by atoms with van der Waals surface area (Å²) in [6, 6.07) is 12.5. The summed E-state index contributed by atoms with van der Waals surface area (Å²) < 4.78 is 26.2. The molecule has 0 aliphatic rings. The first-order valence-electron chi connectivity index (χ1n) is 9.03. The predicted octanol–water partition coefficient (Wildman–Crippen LogP) is 3.47. The zero-order chi connectivity index (χ0) is 20.2. The molecule has 0 aliphatic heterocycles. The minimum atomic E-state index is -3.62. The van der Waals surface area contributed by atoms with E-state index in [1.54, 1.807) is 6.07 Å². The highest BCUT2D eigenvalue weighted by atomic mass is 32.2. The monoisotopic (exact) mass is 388 g/mol. The minimum absolute atomic E-state index is 0.303. The highest BCUT2D eigenvalue weighted by molar-refractivity contribution is 7.92. The van der Waals surface area contributed by atoms with E-state index in [9.17, 15) is 13.2 Å². The molecule has 1 amide bonds. The molecule has 0 bridgehead atoms. The van der Waals surface area contributed by atoms with E-state index in [2.05, 4.69) is 5.32 Å². The Labute approximate surface area is 162 Å². The maximum Gasteiger partial charge on any atom is 0.244 e. The molecule has 0 aromatic heterocycles. The molecule has 0 spiro atoms. The van der Waals surface area contributed by atoms with Crippen LogP contribution in [0, 0.1) is 20.8 Å². The number of aryl methyl sites for hydroxylation is 3. The van der Waals surface area contributed by atoms with Gasteiger partial charge in [-0.2, -0.15) is 0 Å². The molecule has 0 unspecified atom stereocenters. The van der Waals surface area contributed by atoms with Crippen LogP contribution in [0.4, 0.5) is 5.69 Å². The Morgan fingerprint density at radius 1 is 1.07 bits per heavy atom. The van der Waals surface area contributed by atoms with Crippen molar-refractivity contribution in [1.29, 1.82) is 0 Å². The molecule has 0 radical (unpaired) electrons. The Balaban J connectivity index is 2.28. The molecule has 0 saturated heterocycles. The lowest BCUT2D eigenvalue weighted by molar-refractivity contribution is -0.122. The smallest absolute Gasteiger partial charge is 0.244 e. The molecule has 27 heavy (non-hydrogen) atoms. The Morgan fingerprint density at radius 2 is 1.78 bits per heavy atom. The second-order valence-electron chi connectivity index (χ2n) is 6.96. The van der Waals surface area contributed by atoms with Crippen molar-refractivity contribution < 1.29 is 13.2 Å². The van der Waals surface area contributed by atoms with Gasteiger partial charge in [-0.3, -0.25) is 9.10 Å². The van der Waals surface area contributed by atoms with E-state index in [1.165, 1.54) is 4.31 Å². The third-order valence-electron chi connectivity index (χ3n) is 4.62. The third kappa shape index (κ3) is 5.32. The average molecular weight is 389 g/mol. The average Bonchev–Trinajstić information content (AvgIpc) is 2.59. The molecule has 2 aromatic carbocycles. The lowest BCUT2D eigenvalue weighted by Crippen LogP contribution is -2.49. The van der Waals surface area contributed by atoms with Gasteiger partial charge in [-0.1, -0.05) is 42.8 Å². The lowest BCUT2D eigenvalue weighted by Gasteiger charge is -2.30. The normalized spacial score (nSPS) is 12.5. The maximum atomic E-state index is 12.8. The SMILES string of the molecule is CC[C@H](C(=O)NCc1cccc(C)c1)N(c1ccc(C)c(C)c1)S(C)(=O)=O. The topological polar surface area (TPSA) is 66.5 Å². The zero-order valence-electron chi connectivity index (χ0n) is 16.6. The quantitative estimate of drug-likeness (QED) is 0.790. The van der Waals surface area contributed by atoms with E-state index in [1.807, 2.05) is 64.1 Å². The first-order chi connectivity index (χ1) is 12.6. The van der Waals surface area contributed by atoms with Crippen LogP contribution >= 0.6 is 0 Å². The standard InChI is InChI=1S/C21H28N2O3S/c1-6-20(21(24)22-14-18-9-7-8-15(2)12-18)23(27(5,25)26)19-11-10-16(3)17(4)13-19/h7-13,20H,6,14H2,1-5H3,(H,22,24)/t20-/m1/s1. The summed E-state index contributed by atoms with van der Waals surface area (Å²) in [5.41, 5.74) is 4.66. The second kappa shape index (κ2) is 8.57. The van der Waals surface area contributed by atoms with Gasteiger partial charge in [-0.05, 0) is 56.0 Å². The molecule has 0 fully saturated rings. The fourth-order valence-electron chi connectivity index (χ4n) is 3.05. The predicted molar refractivity (Wildman–Crippen MR) is 110 cm³/mol. The number of rotatable bonds is 7. The number of sulfonamides is 1. The van der Waals surface area contributed by atoms with E-state index >= 15 is 0 Å². The van der Waals surface area contributed by atoms with Crippen molar-refractivity contribution in [2.45, 2.75) is 46.7 Å². The molecule has 0 aliphatic carbocycles. The van der Waals surface area contributed by atoms with Crippen molar-refractivity contribution in [1.82, 2.24) is 5.32 Å². The fourth-order valence-corrected chi connectivity index (χ4v) is 4.26. The molecule has 0 saturated carbocycles. The summed E-state index contributed by atoms with van der Waals surface area (Å²) in [6.07, 6.45) is 1.51. The highest BCUT2D eigenvalue weighted by Gasteiger charge is 2.31. The zero-order valence-corrected chi connectivity index (χ0v) is 17.4. The van der Waals surface area contributed by atoms with Crippen LogP contribution in [0.1, 0.15) is 35.6 Å². The van der Waals surface area contributed by atoms with Gasteiger partial charge in [0.2, 0.25) is 15.9 Å². The first-order valence-corrected chi connectivity index (χ1v) is 10.9. The van der Waals surface area contributed by atoms with Gasteiger partial charge < -0.3 is 5.32 Å². The Kier molecular flexibility index (Phi) is 6.65. The van der Waals surface area contributed by atoms with Crippen LogP contribution in [0.2, 0.25) is 0 Å². The van der Waals surface area contributed by atoms with Crippen molar-refractivity contribution >= 4 is 21.6 Å². The number of hydrogen-bond donors (Lipinski definition) is 1. The first kappa shape index (κ1) is 21.0. The van der Waals surface area contributed by atoms with E-state index in [0.29, 0.717) is 18.7 Å². The molecule has 2 aromatic rings. The van der Waals surface area contributed by atoms with Gasteiger partial charge in [-0.15, -0.1) is 0 Å². The van der Waals surface area contributed by atoms with E-state index in [0.717, 1.165) is 28.5 Å². The van der Waals surface area contributed by atoms with E-state index < -0.39 is 16.1 Å². The van der Waals surface area contributed by atoms with Gasteiger partial charge in [0, 0.05) is 6.54 Å². The minimum Gasteiger partial charge on any atom is -0.350 e. The van der Waals surface area contributed by atoms with Gasteiger partial charge in [-0.25, -0.2) is 8.42 Å². The lowest BCUT2D eigenvalue weighted by atomic mass is 10.1. The molecule has 1 N–H and O–H groups in total. The summed E-state index contributed by atoms with van der Waals surface area (Å²) in [6.45, 7) is 8.07. The molecular weight excluding hydrogens is 360 g/mol. The van der Waals surface area contributed by atoms with Crippen LogP contribution in [0.25, 0.3) is 0 Å². The van der Waals surface area contributed by atoms with Crippen molar-refractivity contribution in [3.05, 3.63) is 64.7 Å². The van der Waals surface area contributed by atoms with Crippen molar-refractivity contribution in [2.75, 3.05) is 10.6 Å². The van der Waals surface area contributed by atoms with Crippen LogP contribution in [-0.4, -0.2) is 26.6 Å². The highest BCUT2D eigenvalue weighted by Crippen LogP contribution is 2.25. The Bertz CT molecular complexity index is 923. The number of carbonyl (C=O) groups excluding carboxylic acids is 1. The van der Waals surface area contributed by atoms with Gasteiger partial charge in [0.25, 0.3) is 0 Å². The van der Waals surface area contributed by atoms with E-state index in [4.69, 9.17) is 0 Å². The molecule has 5 nitrogen and oxygen atoms in total. The van der Waals surface area contributed by atoms with Crippen molar-refractivity contribution in [3.8, 4) is 0 Å². The summed E-state index contributed by atoms with van der Waals surface area (Å²) in [7, 11) is -3.62. The third-order valence-corrected chi connectivity index (χ3v) is 5.80. The number of benzene rings is 2. The fraction of sp³-hybridized carbons (Fsp3) is 0.381. The largest absolute Gasteiger partial charge is 0.350 e. The van der Waals surface area contributed by atoms with Crippen LogP contribution in [0.15, 0.2) is 42.5 Å². The number of nitrogens with one attached hydrogen (secondary N) is 1. The molecular formula is C21H28N2O3S. The van der Waals surface area contributed by atoms with Crippen LogP contribution < -0.4 is 9.62 Å². The molecule has 1 atom stereocenters. The van der Waals surface area contributed by atoms with Gasteiger partial charge >= 0.3 is 0 Å². The molecule has 6 heteroatoms. The van der Waals surface area contributed by atoms with Crippen molar-refractivity contribution in [3.63, 3.8) is 0 Å². The van der Waals surface area contributed by atoms with Crippen LogP contribution in [-0.2, 0) is 21.4 Å². The summed E-state index contributed by atoms with van der Waals surface area (Å²) >= 11 is 0. The maximum absolute atomic E-state index is 12.8. The van der Waals surface area contributed by atoms with Crippen molar-refractivity contribution in [2.24, 2.45) is 0 Å². The van der Waals surface area contributed by atoms with Gasteiger partial charge in [0.05, 0.1) is 11.9 Å². The molecule has 2 rings (SSSR count). The van der Waals surface area contributed by atoms with Gasteiger partial charge in [0.1, 0.15) is 6.04 Å². The summed E-state index contributed by atoms with van der Waals surface area (Å²) in [5, 5.41) is 2.88. The number of carbonyl (C=O) groups is 1. The molecule has 0 heterocycles. The number of amides is 1. The van der Waals surface area contributed by atoms with Crippen LogP contribution in [0.3, 0.4) is 0 Å². The van der Waals surface area contributed by atoms with Gasteiger partial charge in [0.15, 0.2) is 0 Å². The summed E-state index contributed by atoms with van der Waals surface area (Å²) in [4.78, 5) is 12.8. The number of nitrogens with zero attached hydrogens (tertiary/aromatic N) is 1. The van der Waals surface area contributed by atoms with Crippen LogP contribution in [0.5, 0.6) is 0 Å². The number of hydrogen-bond acceptors (Lipinski definition) is 3. The number of anilines is 1. The second-order valence-corrected chi connectivity index (χ2v) is 8.82. The van der Waals surface area contributed by atoms with E-state index in [-0.39, 0.29) is 5.91 Å². The Hall–Kier alpha value is -2.34. The Morgan fingerprint density at radius 3 is 2.33 bits per heavy atom.